The fourth-order valence-electron chi connectivity index (χ4n) is 1.44. The molecular formula is C10H13BrClN. The molecule has 1 atom stereocenters. The fraction of sp³-hybridized carbons (Fsp3) is 0.400. The Morgan fingerprint density at radius 2 is 2.08 bits per heavy atom. The second kappa shape index (κ2) is 4.45. The first-order chi connectivity index (χ1) is 5.77. The molecule has 2 N–H and O–H groups in total. The van der Waals surface area contributed by atoms with Crippen molar-refractivity contribution >= 4 is 28.3 Å². The van der Waals surface area contributed by atoms with Crippen molar-refractivity contribution in [1.82, 2.24) is 0 Å². The number of benzene rings is 1. The molecule has 0 radical (unpaired) electrons. The monoisotopic (exact) mass is 261 g/mol. The van der Waals surface area contributed by atoms with Gasteiger partial charge < -0.3 is 5.73 Å². The molecule has 3 heteroatoms. The second-order valence-corrected chi connectivity index (χ2v) is 4.33. The molecule has 1 fully saturated rings. The molecule has 0 saturated heterocycles. The molecule has 0 spiro atoms. The third kappa shape index (κ3) is 2.70. The molecule has 1 aliphatic carbocycles. The minimum Gasteiger partial charge on any atom is -0.324 e. The van der Waals surface area contributed by atoms with Gasteiger partial charge in [-0.2, -0.15) is 0 Å². The largest absolute Gasteiger partial charge is 0.324 e. The summed E-state index contributed by atoms with van der Waals surface area (Å²) in [5.41, 5.74) is 7.30. The van der Waals surface area contributed by atoms with E-state index in [-0.39, 0.29) is 18.4 Å². The van der Waals surface area contributed by atoms with Crippen LogP contribution in [0.1, 0.15) is 24.4 Å². The van der Waals surface area contributed by atoms with Gasteiger partial charge >= 0.3 is 0 Å². The van der Waals surface area contributed by atoms with E-state index < -0.39 is 0 Å². The van der Waals surface area contributed by atoms with Gasteiger partial charge in [0.15, 0.2) is 0 Å². The van der Waals surface area contributed by atoms with E-state index in [1.54, 1.807) is 0 Å². The van der Waals surface area contributed by atoms with Crippen LogP contribution in [0.15, 0.2) is 28.7 Å². The van der Waals surface area contributed by atoms with Crippen LogP contribution >= 0.6 is 28.3 Å². The van der Waals surface area contributed by atoms with Gasteiger partial charge in [0.05, 0.1) is 0 Å². The summed E-state index contributed by atoms with van der Waals surface area (Å²) < 4.78 is 1.12. The van der Waals surface area contributed by atoms with E-state index in [0.29, 0.717) is 0 Å². The molecule has 0 bridgehead atoms. The molecule has 2 rings (SSSR count). The maximum Gasteiger partial charge on any atom is 0.0323 e. The van der Waals surface area contributed by atoms with Crippen molar-refractivity contribution in [3.8, 4) is 0 Å². The number of hydrogen-bond acceptors (Lipinski definition) is 1. The zero-order chi connectivity index (χ0) is 8.55. The average Bonchev–Trinajstić information content (AvgIpc) is 2.85. The Labute approximate surface area is 93.2 Å². The Bertz CT molecular complexity index is 286. The lowest BCUT2D eigenvalue weighted by Crippen LogP contribution is -2.11. The molecule has 1 nitrogen and oxygen atoms in total. The summed E-state index contributed by atoms with van der Waals surface area (Å²) >= 11 is 3.44. The maximum atomic E-state index is 6.05. The highest BCUT2D eigenvalue weighted by atomic mass is 79.9. The quantitative estimate of drug-likeness (QED) is 0.870. The lowest BCUT2D eigenvalue weighted by atomic mass is 10.0. The van der Waals surface area contributed by atoms with Crippen LogP contribution in [0.3, 0.4) is 0 Å². The smallest absolute Gasteiger partial charge is 0.0323 e. The van der Waals surface area contributed by atoms with Crippen LogP contribution in [-0.4, -0.2) is 0 Å². The van der Waals surface area contributed by atoms with E-state index in [0.717, 1.165) is 10.4 Å². The zero-order valence-electron chi connectivity index (χ0n) is 7.24. The normalized spacial score (nSPS) is 17.7. The van der Waals surface area contributed by atoms with Crippen LogP contribution in [0.2, 0.25) is 0 Å². The van der Waals surface area contributed by atoms with Crippen molar-refractivity contribution < 1.29 is 0 Å². The van der Waals surface area contributed by atoms with Crippen LogP contribution in [0.4, 0.5) is 0 Å². The Hall–Kier alpha value is -0.0500. The molecule has 0 unspecified atom stereocenters. The summed E-state index contributed by atoms with van der Waals surface area (Å²) in [6.45, 7) is 0. The second-order valence-electron chi connectivity index (χ2n) is 3.42. The van der Waals surface area contributed by atoms with Gasteiger partial charge in [0.25, 0.3) is 0 Å². The van der Waals surface area contributed by atoms with E-state index in [1.807, 2.05) is 12.1 Å². The van der Waals surface area contributed by atoms with Crippen molar-refractivity contribution in [3.05, 3.63) is 34.3 Å². The molecule has 0 aliphatic heterocycles. The van der Waals surface area contributed by atoms with Gasteiger partial charge in [-0.1, -0.05) is 28.1 Å². The summed E-state index contributed by atoms with van der Waals surface area (Å²) in [4.78, 5) is 0. The van der Waals surface area contributed by atoms with Gasteiger partial charge in [0, 0.05) is 10.5 Å². The summed E-state index contributed by atoms with van der Waals surface area (Å²) in [5, 5.41) is 0. The van der Waals surface area contributed by atoms with Gasteiger partial charge in [-0.3, -0.25) is 0 Å². The minimum atomic E-state index is 0. The molecule has 72 valence electrons. The topological polar surface area (TPSA) is 26.0 Å². The Balaban J connectivity index is 0.000000845. The first kappa shape index (κ1) is 11.0. The van der Waals surface area contributed by atoms with Gasteiger partial charge in [-0.15, -0.1) is 12.4 Å². The van der Waals surface area contributed by atoms with Gasteiger partial charge in [0.1, 0.15) is 0 Å². The van der Waals surface area contributed by atoms with Crippen molar-refractivity contribution in [3.63, 3.8) is 0 Å². The van der Waals surface area contributed by atoms with Crippen LogP contribution in [0.25, 0.3) is 0 Å². The molecule has 1 aromatic carbocycles. The molecule has 0 aromatic heterocycles. The molecule has 1 aromatic rings. The van der Waals surface area contributed by atoms with Crippen LogP contribution in [0.5, 0.6) is 0 Å². The minimum absolute atomic E-state index is 0. The standard InChI is InChI=1S/C10H12BrN.ClH/c11-9-3-1-2-8(6-9)10(12)7-4-5-7;/h1-3,6-7,10H,4-5,12H2;1H/t10-;/m0./s1. The van der Waals surface area contributed by atoms with Crippen molar-refractivity contribution in [2.24, 2.45) is 11.7 Å². The first-order valence-electron chi connectivity index (χ1n) is 4.28. The van der Waals surface area contributed by atoms with Crippen LogP contribution < -0.4 is 5.73 Å². The van der Waals surface area contributed by atoms with Gasteiger partial charge in [-0.05, 0) is 36.5 Å². The van der Waals surface area contributed by atoms with E-state index >= 15 is 0 Å². The van der Waals surface area contributed by atoms with E-state index in [2.05, 4.69) is 28.1 Å². The van der Waals surface area contributed by atoms with Crippen molar-refractivity contribution in [2.45, 2.75) is 18.9 Å². The van der Waals surface area contributed by atoms with E-state index in [4.69, 9.17) is 5.73 Å². The molecular weight excluding hydrogens is 249 g/mol. The van der Waals surface area contributed by atoms with Crippen LogP contribution in [-0.2, 0) is 0 Å². The number of rotatable bonds is 2. The average molecular weight is 263 g/mol. The van der Waals surface area contributed by atoms with Crippen LogP contribution in [0, 0.1) is 5.92 Å². The van der Waals surface area contributed by atoms with Crippen molar-refractivity contribution in [2.75, 3.05) is 0 Å². The van der Waals surface area contributed by atoms with E-state index in [9.17, 15) is 0 Å². The third-order valence-electron chi connectivity index (χ3n) is 2.36. The summed E-state index contributed by atoms with van der Waals surface area (Å²) in [5.74, 6) is 0.735. The van der Waals surface area contributed by atoms with E-state index in [1.165, 1.54) is 18.4 Å². The third-order valence-corrected chi connectivity index (χ3v) is 2.86. The number of halogens is 2. The summed E-state index contributed by atoms with van der Waals surface area (Å²) in [6, 6.07) is 8.55. The molecule has 1 aliphatic rings. The fourth-order valence-corrected chi connectivity index (χ4v) is 1.86. The highest BCUT2D eigenvalue weighted by Gasteiger charge is 2.29. The maximum absolute atomic E-state index is 6.05. The SMILES string of the molecule is Cl.N[C@H](c1cccc(Br)c1)C1CC1. The summed E-state index contributed by atoms with van der Waals surface area (Å²) in [7, 11) is 0. The van der Waals surface area contributed by atoms with Crippen molar-refractivity contribution in [1.29, 1.82) is 0 Å². The Morgan fingerprint density at radius 1 is 1.38 bits per heavy atom. The Morgan fingerprint density at radius 3 is 2.62 bits per heavy atom. The molecule has 1 saturated carbocycles. The number of nitrogens with two attached hydrogens (primary N) is 1. The predicted octanol–water partition coefficient (Wildman–Crippen LogP) is 3.28. The molecule has 0 amide bonds. The Kier molecular flexibility index (Phi) is 3.77. The number of hydrogen-bond donors (Lipinski definition) is 1. The lowest BCUT2D eigenvalue weighted by molar-refractivity contribution is 0.633. The zero-order valence-corrected chi connectivity index (χ0v) is 9.64. The molecule has 13 heavy (non-hydrogen) atoms. The predicted molar refractivity (Wildman–Crippen MR) is 61.0 cm³/mol. The first-order valence-corrected chi connectivity index (χ1v) is 5.08. The highest BCUT2D eigenvalue weighted by Crippen LogP contribution is 2.39. The van der Waals surface area contributed by atoms with Gasteiger partial charge in [0.2, 0.25) is 0 Å². The highest BCUT2D eigenvalue weighted by molar-refractivity contribution is 9.10. The summed E-state index contributed by atoms with van der Waals surface area (Å²) in [6.07, 6.45) is 2.60. The molecule has 0 heterocycles. The lowest BCUT2D eigenvalue weighted by Gasteiger charge is -2.10. The van der Waals surface area contributed by atoms with Gasteiger partial charge in [-0.25, -0.2) is 0 Å².